The standard InChI is InChI=1S/C21H21N3O2/c1-3-15-8-10-17(11-9-15)24-13-16(12-19(24)25)20-22-21(26-23-20)18-7-5-4-6-14(18)2/h4-11,16H,3,12-13H2,1-2H3/t16-/m1/s1. The average Bonchev–Trinajstić information content (AvgIpc) is 3.29. The van der Waals surface area contributed by atoms with Crippen LogP contribution < -0.4 is 4.90 Å². The molecule has 0 radical (unpaired) electrons. The molecule has 1 aliphatic rings. The number of benzene rings is 2. The summed E-state index contributed by atoms with van der Waals surface area (Å²) in [6, 6.07) is 16.1. The maximum absolute atomic E-state index is 12.5. The molecule has 0 bridgehead atoms. The Morgan fingerprint density at radius 1 is 1.15 bits per heavy atom. The van der Waals surface area contributed by atoms with Crippen molar-refractivity contribution in [1.82, 2.24) is 10.1 Å². The van der Waals surface area contributed by atoms with Crippen LogP contribution in [0.5, 0.6) is 0 Å². The maximum atomic E-state index is 12.5. The predicted octanol–water partition coefficient (Wildman–Crippen LogP) is 4.13. The molecule has 2 aromatic carbocycles. The smallest absolute Gasteiger partial charge is 0.258 e. The summed E-state index contributed by atoms with van der Waals surface area (Å²) in [4.78, 5) is 18.9. The first-order chi connectivity index (χ1) is 12.7. The van der Waals surface area contributed by atoms with E-state index in [-0.39, 0.29) is 11.8 Å². The monoisotopic (exact) mass is 347 g/mol. The van der Waals surface area contributed by atoms with Gasteiger partial charge in [-0.3, -0.25) is 4.79 Å². The quantitative estimate of drug-likeness (QED) is 0.712. The predicted molar refractivity (Wildman–Crippen MR) is 100 cm³/mol. The number of aryl methyl sites for hydroxylation is 2. The Hall–Kier alpha value is -2.95. The van der Waals surface area contributed by atoms with Gasteiger partial charge in [0.15, 0.2) is 5.82 Å². The Bertz CT molecular complexity index is 930. The highest BCUT2D eigenvalue weighted by Crippen LogP contribution is 2.32. The van der Waals surface area contributed by atoms with Crippen LogP contribution in [0.15, 0.2) is 53.1 Å². The van der Waals surface area contributed by atoms with E-state index in [1.54, 1.807) is 0 Å². The van der Waals surface area contributed by atoms with Crippen molar-refractivity contribution in [1.29, 1.82) is 0 Å². The minimum atomic E-state index is -0.0464. The SMILES string of the molecule is CCc1ccc(N2C[C@H](c3noc(-c4ccccc4C)n3)CC2=O)cc1. The van der Waals surface area contributed by atoms with Gasteiger partial charge in [-0.1, -0.05) is 42.4 Å². The number of hydrogen-bond donors (Lipinski definition) is 0. The zero-order valence-corrected chi connectivity index (χ0v) is 15.0. The van der Waals surface area contributed by atoms with Gasteiger partial charge in [0.05, 0.1) is 0 Å². The van der Waals surface area contributed by atoms with Gasteiger partial charge in [0, 0.05) is 30.1 Å². The molecule has 5 nitrogen and oxygen atoms in total. The molecule has 1 aromatic heterocycles. The second kappa shape index (κ2) is 6.75. The van der Waals surface area contributed by atoms with Crippen molar-refractivity contribution in [3.05, 3.63) is 65.5 Å². The summed E-state index contributed by atoms with van der Waals surface area (Å²) in [5.41, 5.74) is 4.21. The maximum Gasteiger partial charge on any atom is 0.258 e. The van der Waals surface area contributed by atoms with E-state index in [9.17, 15) is 4.79 Å². The zero-order valence-electron chi connectivity index (χ0n) is 15.0. The van der Waals surface area contributed by atoms with Gasteiger partial charge in [0.25, 0.3) is 5.89 Å². The fourth-order valence-corrected chi connectivity index (χ4v) is 3.36. The highest BCUT2D eigenvalue weighted by Gasteiger charge is 2.34. The van der Waals surface area contributed by atoms with Crippen LogP contribution in [0.1, 0.15) is 36.2 Å². The molecule has 0 N–H and O–H groups in total. The molecule has 0 spiro atoms. The summed E-state index contributed by atoms with van der Waals surface area (Å²) in [7, 11) is 0. The minimum Gasteiger partial charge on any atom is -0.334 e. The minimum absolute atomic E-state index is 0.0464. The Balaban J connectivity index is 1.55. The molecular weight excluding hydrogens is 326 g/mol. The lowest BCUT2D eigenvalue weighted by Gasteiger charge is -2.16. The van der Waals surface area contributed by atoms with Gasteiger partial charge >= 0.3 is 0 Å². The fraction of sp³-hybridized carbons (Fsp3) is 0.286. The lowest BCUT2D eigenvalue weighted by molar-refractivity contribution is -0.117. The van der Waals surface area contributed by atoms with E-state index < -0.39 is 0 Å². The highest BCUT2D eigenvalue weighted by molar-refractivity contribution is 5.96. The molecule has 1 aliphatic heterocycles. The van der Waals surface area contributed by atoms with Crippen LogP contribution in [0.3, 0.4) is 0 Å². The summed E-state index contributed by atoms with van der Waals surface area (Å²) < 4.78 is 5.46. The van der Waals surface area contributed by atoms with Gasteiger partial charge < -0.3 is 9.42 Å². The third kappa shape index (κ3) is 3.01. The molecule has 4 rings (SSSR count). The first-order valence-corrected chi connectivity index (χ1v) is 8.94. The number of amides is 1. The molecule has 1 saturated heterocycles. The van der Waals surface area contributed by atoms with E-state index >= 15 is 0 Å². The molecule has 0 saturated carbocycles. The lowest BCUT2D eigenvalue weighted by Crippen LogP contribution is -2.24. The first-order valence-electron chi connectivity index (χ1n) is 8.94. The molecule has 1 atom stereocenters. The summed E-state index contributed by atoms with van der Waals surface area (Å²) in [6.45, 7) is 4.71. The van der Waals surface area contributed by atoms with Crippen molar-refractivity contribution < 1.29 is 9.32 Å². The van der Waals surface area contributed by atoms with E-state index in [1.165, 1.54) is 5.56 Å². The van der Waals surface area contributed by atoms with Crippen molar-refractivity contribution in [2.24, 2.45) is 0 Å². The number of anilines is 1. The molecule has 0 unspecified atom stereocenters. The van der Waals surface area contributed by atoms with Crippen LogP contribution in [-0.4, -0.2) is 22.6 Å². The van der Waals surface area contributed by atoms with Crippen molar-refractivity contribution in [2.45, 2.75) is 32.6 Å². The second-order valence-corrected chi connectivity index (χ2v) is 6.70. The Morgan fingerprint density at radius 2 is 1.92 bits per heavy atom. The largest absolute Gasteiger partial charge is 0.334 e. The summed E-state index contributed by atoms with van der Waals surface area (Å²) >= 11 is 0. The Kier molecular flexibility index (Phi) is 4.29. The van der Waals surface area contributed by atoms with Gasteiger partial charge in [-0.25, -0.2) is 0 Å². The van der Waals surface area contributed by atoms with Gasteiger partial charge in [0.1, 0.15) is 0 Å². The number of aromatic nitrogens is 2. The van der Waals surface area contributed by atoms with Crippen molar-refractivity contribution in [2.75, 3.05) is 11.4 Å². The molecule has 1 amide bonds. The zero-order chi connectivity index (χ0) is 18.1. The third-order valence-corrected chi connectivity index (χ3v) is 4.96. The molecule has 3 aromatic rings. The number of rotatable bonds is 4. The number of carbonyl (C=O) groups excluding carboxylic acids is 1. The second-order valence-electron chi connectivity index (χ2n) is 6.70. The highest BCUT2D eigenvalue weighted by atomic mass is 16.5. The molecule has 132 valence electrons. The van der Waals surface area contributed by atoms with Crippen LogP contribution in [0.25, 0.3) is 11.5 Å². The van der Waals surface area contributed by atoms with Crippen LogP contribution >= 0.6 is 0 Å². The Morgan fingerprint density at radius 3 is 2.65 bits per heavy atom. The van der Waals surface area contributed by atoms with Crippen molar-refractivity contribution in [3.8, 4) is 11.5 Å². The fourth-order valence-electron chi connectivity index (χ4n) is 3.36. The molecule has 1 fully saturated rings. The van der Waals surface area contributed by atoms with E-state index in [1.807, 2.05) is 48.2 Å². The molecule has 26 heavy (non-hydrogen) atoms. The van der Waals surface area contributed by atoms with Gasteiger partial charge in [-0.2, -0.15) is 4.98 Å². The van der Waals surface area contributed by atoms with E-state index in [2.05, 4.69) is 29.2 Å². The molecular formula is C21H21N3O2. The topological polar surface area (TPSA) is 59.2 Å². The average molecular weight is 347 g/mol. The van der Waals surface area contributed by atoms with Crippen LogP contribution in [-0.2, 0) is 11.2 Å². The van der Waals surface area contributed by atoms with E-state index in [0.29, 0.717) is 24.7 Å². The lowest BCUT2D eigenvalue weighted by atomic mass is 10.1. The van der Waals surface area contributed by atoms with Crippen LogP contribution in [0.4, 0.5) is 5.69 Å². The van der Waals surface area contributed by atoms with Crippen LogP contribution in [0.2, 0.25) is 0 Å². The first kappa shape index (κ1) is 16.5. The van der Waals surface area contributed by atoms with Crippen molar-refractivity contribution >= 4 is 11.6 Å². The molecule has 5 heteroatoms. The van der Waals surface area contributed by atoms with Gasteiger partial charge in [0.2, 0.25) is 5.91 Å². The number of carbonyl (C=O) groups is 1. The van der Waals surface area contributed by atoms with Gasteiger partial charge in [-0.15, -0.1) is 0 Å². The molecule has 0 aliphatic carbocycles. The molecule has 2 heterocycles. The van der Waals surface area contributed by atoms with E-state index in [0.717, 1.165) is 23.2 Å². The third-order valence-electron chi connectivity index (χ3n) is 4.96. The summed E-state index contributed by atoms with van der Waals surface area (Å²) in [5, 5.41) is 4.14. The normalized spacial score (nSPS) is 17.1. The van der Waals surface area contributed by atoms with E-state index in [4.69, 9.17) is 4.52 Å². The summed E-state index contributed by atoms with van der Waals surface area (Å²) in [5.74, 6) is 1.16. The van der Waals surface area contributed by atoms with Crippen LogP contribution in [0, 0.1) is 6.92 Å². The number of nitrogens with zero attached hydrogens (tertiary/aromatic N) is 3. The Labute approximate surface area is 152 Å². The van der Waals surface area contributed by atoms with Gasteiger partial charge in [-0.05, 0) is 42.7 Å². The summed E-state index contributed by atoms with van der Waals surface area (Å²) in [6.07, 6.45) is 1.39. The number of hydrogen-bond acceptors (Lipinski definition) is 4. The van der Waals surface area contributed by atoms with Crippen molar-refractivity contribution in [3.63, 3.8) is 0 Å².